The maximum atomic E-state index is 13.3. The number of hydrogen-bond acceptors (Lipinski definition) is 3. The van der Waals surface area contributed by atoms with Crippen LogP contribution in [0.15, 0.2) is 47.4 Å². The predicted molar refractivity (Wildman–Crippen MR) is 103 cm³/mol. The van der Waals surface area contributed by atoms with Crippen LogP contribution in [-0.4, -0.2) is 19.7 Å². The first-order chi connectivity index (χ1) is 12.9. The van der Waals surface area contributed by atoms with E-state index in [-0.39, 0.29) is 5.92 Å². The van der Waals surface area contributed by atoms with Crippen molar-refractivity contribution in [3.63, 3.8) is 0 Å². The van der Waals surface area contributed by atoms with E-state index in [0.717, 1.165) is 46.7 Å². The van der Waals surface area contributed by atoms with E-state index in [1.165, 1.54) is 12.1 Å². The normalized spacial score (nSPS) is 19.9. The maximum absolute atomic E-state index is 13.3. The molecule has 1 N–H and O–H groups in total. The van der Waals surface area contributed by atoms with Gasteiger partial charge in [-0.15, -0.1) is 12.6 Å². The van der Waals surface area contributed by atoms with Gasteiger partial charge >= 0.3 is 6.18 Å². The maximum Gasteiger partial charge on any atom is 0.416 e. The fourth-order valence-corrected chi connectivity index (χ4v) is 4.07. The van der Waals surface area contributed by atoms with Crippen molar-refractivity contribution in [1.29, 1.82) is 0 Å². The van der Waals surface area contributed by atoms with Gasteiger partial charge in [0, 0.05) is 22.9 Å². The van der Waals surface area contributed by atoms with Crippen molar-refractivity contribution < 1.29 is 17.9 Å². The third kappa shape index (κ3) is 3.73. The molecule has 1 unspecified atom stereocenters. The molecule has 0 saturated carbocycles. The first-order valence-corrected chi connectivity index (χ1v) is 9.45. The molecule has 0 aliphatic carbocycles. The van der Waals surface area contributed by atoms with Gasteiger partial charge in [-0.1, -0.05) is 18.2 Å². The Labute approximate surface area is 161 Å². The molecule has 1 atom stereocenters. The summed E-state index contributed by atoms with van der Waals surface area (Å²) in [5.41, 5.74) is 3.04. The van der Waals surface area contributed by atoms with Crippen LogP contribution in [0.5, 0.6) is 5.75 Å². The van der Waals surface area contributed by atoms with Crippen LogP contribution in [0.3, 0.4) is 0 Å². The SMILES string of the molecule is FC(F)(F)c1ccc(C2CCOc3cc(S)ccc32)c(C2=CCNCC2)c1. The van der Waals surface area contributed by atoms with E-state index < -0.39 is 11.7 Å². The molecule has 2 aromatic carbocycles. The molecule has 142 valence electrons. The van der Waals surface area contributed by atoms with Gasteiger partial charge in [0.15, 0.2) is 0 Å². The summed E-state index contributed by atoms with van der Waals surface area (Å²) in [4.78, 5) is 0.808. The quantitative estimate of drug-likeness (QED) is 0.679. The van der Waals surface area contributed by atoms with Gasteiger partial charge in [0.2, 0.25) is 0 Å². The molecular formula is C21H20F3NOS. The van der Waals surface area contributed by atoms with Crippen LogP contribution in [0, 0.1) is 0 Å². The Kier molecular flexibility index (Phi) is 4.95. The highest BCUT2D eigenvalue weighted by Crippen LogP contribution is 2.43. The van der Waals surface area contributed by atoms with Gasteiger partial charge in [-0.3, -0.25) is 0 Å². The highest BCUT2D eigenvalue weighted by molar-refractivity contribution is 7.80. The van der Waals surface area contributed by atoms with Crippen molar-refractivity contribution in [3.05, 3.63) is 64.7 Å². The molecule has 4 rings (SSSR count). The first kappa shape index (κ1) is 18.4. The number of thiol groups is 1. The van der Waals surface area contributed by atoms with E-state index in [9.17, 15) is 13.2 Å². The molecule has 2 heterocycles. The summed E-state index contributed by atoms with van der Waals surface area (Å²) < 4.78 is 45.8. The van der Waals surface area contributed by atoms with E-state index in [1.807, 2.05) is 24.3 Å². The number of halogens is 3. The molecule has 27 heavy (non-hydrogen) atoms. The third-order valence-corrected chi connectivity index (χ3v) is 5.48. The van der Waals surface area contributed by atoms with Crippen LogP contribution in [0.4, 0.5) is 13.2 Å². The largest absolute Gasteiger partial charge is 0.493 e. The molecule has 0 amide bonds. The molecule has 0 radical (unpaired) electrons. The van der Waals surface area contributed by atoms with Crippen molar-refractivity contribution in [3.8, 4) is 5.75 Å². The van der Waals surface area contributed by atoms with Crippen LogP contribution in [0.1, 0.15) is 41.0 Å². The fraction of sp³-hybridized carbons (Fsp3) is 0.333. The number of rotatable bonds is 2. The fourth-order valence-electron chi connectivity index (χ4n) is 3.88. The monoisotopic (exact) mass is 391 g/mol. The lowest BCUT2D eigenvalue weighted by molar-refractivity contribution is -0.137. The number of nitrogens with one attached hydrogen (secondary N) is 1. The van der Waals surface area contributed by atoms with Gasteiger partial charge in [0.1, 0.15) is 5.75 Å². The van der Waals surface area contributed by atoms with Crippen molar-refractivity contribution in [2.75, 3.05) is 19.7 Å². The second kappa shape index (κ2) is 7.24. The van der Waals surface area contributed by atoms with Gasteiger partial charge in [-0.05, 0) is 60.4 Å². The Morgan fingerprint density at radius 2 is 1.89 bits per heavy atom. The van der Waals surface area contributed by atoms with E-state index in [1.54, 1.807) is 6.07 Å². The Morgan fingerprint density at radius 1 is 1.07 bits per heavy atom. The Hall–Kier alpha value is -1.92. The predicted octanol–water partition coefficient (Wildman–Crippen LogP) is 5.29. The second-order valence-electron chi connectivity index (χ2n) is 6.90. The molecule has 0 bridgehead atoms. The van der Waals surface area contributed by atoms with Crippen LogP contribution in [-0.2, 0) is 6.18 Å². The number of benzene rings is 2. The van der Waals surface area contributed by atoms with E-state index in [0.29, 0.717) is 18.7 Å². The average molecular weight is 391 g/mol. The zero-order valence-corrected chi connectivity index (χ0v) is 15.5. The summed E-state index contributed by atoms with van der Waals surface area (Å²) in [7, 11) is 0. The van der Waals surface area contributed by atoms with E-state index >= 15 is 0 Å². The van der Waals surface area contributed by atoms with Gasteiger partial charge in [-0.25, -0.2) is 0 Å². The van der Waals surface area contributed by atoms with Gasteiger partial charge < -0.3 is 10.1 Å². The van der Waals surface area contributed by atoms with Gasteiger partial charge in [0.25, 0.3) is 0 Å². The lowest BCUT2D eigenvalue weighted by atomic mass is 9.81. The van der Waals surface area contributed by atoms with E-state index in [2.05, 4.69) is 17.9 Å². The molecule has 6 heteroatoms. The summed E-state index contributed by atoms with van der Waals surface area (Å²) in [5.74, 6) is 0.777. The zero-order chi connectivity index (χ0) is 19.0. The molecule has 2 aliphatic rings. The minimum absolute atomic E-state index is 0.00996. The Morgan fingerprint density at radius 3 is 2.63 bits per heavy atom. The topological polar surface area (TPSA) is 21.3 Å². The smallest absolute Gasteiger partial charge is 0.416 e. The van der Waals surface area contributed by atoms with Gasteiger partial charge in [0.05, 0.1) is 12.2 Å². The lowest BCUT2D eigenvalue weighted by Gasteiger charge is -2.29. The second-order valence-corrected chi connectivity index (χ2v) is 7.41. The number of hydrogen-bond donors (Lipinski definition) is 2. The highest BCUT2D eigenvalue weighted by Gasteiger charge is 2.33. The lowest BCUT2D eigenvalue weighted by Crippen LogP contribution is -2.22. The first-order valence-electron chi connectivity index (χ1n) is 9.00. The molecule has 0 saturated heterocycles. The average Bonchev–Trinajstić information content (AvgIpc) is 2.67. The molecule has 2 aromatic rings. The van der Waals surface area contributed by atoms with Crippen LogP contribution in [0.2, 0.25) is 0 Å². The summed E-state index contributed by atoms with van der Waals surface area (Å²) in [6.45, 7) is 1.99. The van der Waals surface area contributed by atoms with E-state index in [4.69, 9.17) is 4.74 Å². The van der Waals surface area contributed by atoms with Crippen LogP contribution >= 0.6 is 12.6 Å². The minimum Gasteiger partial charge on any atom is -0.493 e. The Bertz CT molecular complexity index is 891. The molecule has 0 spiro atoms. The molecule has 0 fully saturated rings. The number of alkyl halides is 3. The van der Waals surface area contributed by atoms with Crippen molar-refractivity contribution in [1.82, 2.24) is 5.32 Å². The third-order valence-electron chi connectivity index (χ3n) is 5.20. The molecular weight excluding hydrogens is 371 g/mol. The van der Waals surface area contributed by atoms with Crippen molar-refractivity contribution in [2.24, 2.45) is 0 Å². The summed E-state index contributed by atoms with van der Waals surface area (Å²) >= 11 is 4.36. The summed E-state index contributed by atoms with van der Waals surface area (Å²) in [5, 5.41) is 3.22. The summed E-state index contributed by atoms with van der Waals surface area (Å²) in [6.07, 6.45) is -0.891. The minimum atomic E-state index is -4.35. The standard InChI is InChI=1S/C21H20F3NOS/c22-21(23,24)14-1-3-16(19(11-14)13-5-8-25-9-6-13)17-7-10-26-20-12-15(27)2-4-18(17)20/h1-5,11-12,17,25,27H,6-10H2. The Balaban J connectivity index is 1.85. The zero-order valence-electron chi connectivity index (χ0n) is 14.6. The van der Waals surface area contributed by atoms with Crippen molar-refractivity contribution >= 4 is 18.2 Å². The number of ether oxygens (including phenoxy) is 1. The molecule has 2 aliphatic heterocycles. The highest BCUT2D eigenvalue weighted by atomic mass is 32.1. The van der Waals surface area contributed by atoms with Gasteiger partial charge in [-0.2, -0.15) is 13.2 Å². The summed E-state index contributed by atoms with van der Waals surface area (Å²) in [6, 6.07) is 9.90. The van der Waals surface area contributed by atoms with Crippen LogP contribution < -0.4 is 10.1 Å². The number of fused-ring (bicyclic) bond motifs is 1. The van der Waals surface area contributed by atoms with Crippen LogP contribution in [0.25, 0.3) is 5.57 Å². The molecule has 2 nitrogen and oxygen atoms in total. The van der Waals surface area contributed by atoms with Crippen molar-refractivity contribution in [2.45, 2.75) is 29.8 Å². The molecule has 0 aromatic heterocycles.